The van der Waals surface area contributed by atoms with E-state index < -0.39 is 6.10 Å². The second-order valence-corrected chi connectivity index (χ2v) is 4.38. The number of aliphatic hydroxyl groups excluding tert-OH is 1. The molecule has 0 aromatic carbocycles. The van der Waals surface area contributed by atoms with Gasteiger partial charge in [0.1, 0.15) is 5.83 Å². The molecule has 2 rings (SSSR count). The lowest BCUT2D eigenvalue weighted by molar-refractivity contribution is 0.206. The molecule has 2 nitrogen and oxygen atoms in total. The Morgan fingerprint density at radius 1 is 1.41 bits per heavy atom. The number of nitrogens with zero attached hydrogens (tertiary/aromatic N) is 1. The molecule has 0 fully saturated rings. The summed E-state index contributed by atoms with van der Waals surface area (Å²) < 4.78 is 12.8. The summed E-state index contributed by atoms with van der Waals surface area (Å²) >= 11 is 0. The lowest BCUT2D eigenvalue weighted by atomic mass is 9.95. The lowest BCUT2D eigenvalue weighted by Crippen LogP contribution is -2.15. The van der Waals surface area contributed by atoms with Crippen LogP contribution < -0.4 is 0 Å². The molecule has 0 saturated heterocycles. The predicted octanol–water partition coefficient (Wildman–Crippen LogP) is 2.87. The van der Waals surface area contributed by atoms with Gasteiger partial charge in [-0.25, -0.2) is 4.39 Å². The zero-order valence-corrected chi connectivity index (χ0v) is 9.86. The van der Waals surface area contributed by atoms with E-state index in [2.05, 4.69) is 4.98 Å². The van der Waals surface area contributed by atoms with Crippen molar-refractivity contribution in [3.63, 3.8) is 0 Å². The number of pyridine rings is 1. The number of hydrogen-bond acceptors (Lipinski definition) is 2. The van der Waals surface area contributed by atoms with E-state index in [1.807, 2.05) is 19.1 Å². The highest BCUT2D eigenvalue weighted by molar-refractivity contribution is 5.26. The van der Waals surface area contributed by atoms with E-state index in [9.17, 15) is 9.50 Å². The molecule has 0 amide bonds. The molecule has 1 atom stereocenters. The number of aromatic nitrogens is 1. The molecule has 3 heteroatoms. The minimum atomic E-state index is -0.527. The number of halogens is 1. The largest absolute Gasteiger partial charge is 0.388 e. The van der Waals surface area contributed by atoms with Crippen molar-refractivity contribution in [2.75, 3.05) is 0 Å². The Labute approximate surface area is 101 Å². The fourth-order valence-corrected chi connectivity index (χ4v) is 1.99. The van der Waals surface area contributed by atoms with E-state index in [-0.39, 0.29) is 5.83 Å². The van der Waals surface area contributed by atoms with Gasteiger partial charge in [-0.05, 0) is 42.7 Å². The van der Waals surface area contributed by atoms with Crippen LogP contribution in [0.1, 0.15) is 24.1 Å². The second kappa shape index (κ2) is 5.23. The van der Waals surface area contributed by atoms with Crippen molar-refractivity contribution < 1.29 is 9.50 Å². The number of rotatable bonds is 3. The normalized spacial score (nSPS) is 17.4. The number of allylic oxidation sites excluding steroid dienone is 3. The Morgan fingerprint density at radius 2 is 2.24 bits per heavy atom. The smallest absolute Gasteiger partial charge is 0.100 e. The van der Waals surface area contributed by atoms with Crippen molar-refractivity contribution in [1.29, 1.82) is 0 Å². The molecule has 90 valence electrons. The molecular formula is C14H16FNO. The highest BCUT2D eigenvalue weighted by atomic mass is 19.1. The minimum Gasteiger partial charge on any atom is -0.388 e. The molecule has 1 aromatic rings. The summed E-state index contributed by atoms with van der Waals surface area (Å²) in [4.78, 5) is 4.11. The van der Waals surface area contributed by atoms with Crippen LogP contribution in [0.2, 0.25) is 0 Å². The highest BCUT2D eigenvalue weighted by Crippen LogP contribution is 2.23. The van der Waals surface area contributed by atoms with E-state index >= 15 is 0 Å². The summed E-state index contributed by atoms with van der Waals surface area (Å²) in [5, 5.41) is 10.1. The number of aliphatic hydroxyl groups is 1. The fourth-order valence-electron chi connectivity index (χ4n) is 1.99. The summed E-state index contributed by atoms with van der Waals surface area (Å²) in [7, 11) is 0. The van der Waals surface area contributed by atoms with Gasteiger partial charge in [0, 0.05) is 24.7 Å². The van der Waals surface area contributed by atoms with Gasteiger partial charge in [-0.15, -0.1) is 0 Å². The van der Waals surface area contributed by atoms with Gasteiger partial charge in [-0.1, -0.05) is 6.08 Å². The molecule has 17 heavy (non-hydrogen) atoms. The molecule has 1 aromatic heterocycles. The van der Waals surface area contributed by atoms with Crippen LogP contribution in [0.15, 0.2) is 41.9 Å². The molecule has 0 radical (unpaired) electrons. The Kier molecular flexibility index (Phi) is 3.69. The second-order valence-electron chi connectivity index (χ2n) is 4.38. The van der Waals surface area contributed by atoms with Crippen molar-refractivity contribution in [2.24, 2.45) is 0 Å². The Bertz CT molecular complexity index is 465. The Morgan fingerprint density at radius 3 is 2.88 bits per heavy atom. The van der Waals surface area contributed by atoms with Crippen LogP contribution in [0.3, 0.4) is 0 Å². The van der Waals surface area contributed by atoms with Gasteiger partial charge in [0.25, 0.3) is 0 Å². The first-order valence-corrected chi connectivity index (χ1v) is 5.80. The van der Waals surface area contributed by atoms with Crippen LogP contribution in [0, 0.1) is 6.92 Å². The molecule has 1 heterocycles. The molecular weight excluding hydrogens is 217 g/mol. The molecule has 1 unspecified atom stereocenters. The molecule has 1 aliphatic rings. The van der Waals surface area contributed by atoms with Gasteiger partial charge < -0.3 is 5.11 Å². The summed E-state index contributed by atoms with van der Waals surface area (Å²) in [6.45, 7) is 1.92. The van der Waals surface area contributed by atoms with Crippen LogP contribution in [-0.4, -0.2) is 16.2 Å². The summed E-state index contributed by atoms with van der Waals surface area (Å²) in [5.74, 6) is -0.110. The van der Waals surface area contributed by atoms with Gasteiger partial charge in [-0.3, -0.25) is 4.98 Å². The number of aryl methyl sites for hydroxylation is 1. The summed E-state index contributed by atoms with van der Waals surface area (Å²) in [5.41, 5.74) is 2.90. The molecule has 0 bridgehead atoms. The highest BCUT2D eigenvalue weighted by Gasteiger charge is 2.14. The topological polar surface area (TPSA) is 33.1 Å². The Balaban J connectivity index is 2.04. The van der Waals surface area contributed by atoms with E-state index in [1.165, 1.54) is 6.08 Å². The average Bonchev–Trinajstić information content (AvgIpc) is 2.29. The van der Waals surface area contributed by atoms with Crippen molar-refractivity contribution in [3.05, 3.63) is 53.1 Å². The van der Waals surface area contributed by atoms with E-state index in [1.54, 1.807) is 12.3 Å². The molecule has 1 aliphatic carbocycles. The molecule has 1 N–H and O–H groups in total. The Hall–Kier alpha value is -1.48. The molecule has 0 spiro atoms. The van der Waals surface area contributed by atoms with Gasteiger partial charge in [-0.2, -0.15) is 0 Å². The van der Waals surface area contributed by atoms with Crippen LogP contribution in [-0.2, 0) is 6.42 Å². The maximum absolute atomic E-state index is 12.8. The third kappa shape index (κ3) is 3.24. The van der Waals surface area contributed by atoms with E-state index in [4.69, 9.17) is 0 Å². The minimum absolute atomic E-state index is 0.110. The van der Waals surface area contributed by atoms with Crippen LogP contribution in [0.5, 0.6) is 0 Å². The molecule has 0 aliphatic heterocycles. The molecule has 0 saturated carbocycles. The van der Waals surface area contributed by atoms with Crippen molar-refractivity contribution in [2.45, 2.75) is 32.3 Å². The zero-order chi connectivity index (χ0) is 12.3. The summed E-state index contributed by atoms with van der Waals surface area (Å²) in [6, 6.07) is 3.86. The summed E-state index contributed by atoms with van der Waals surface area (Å²) in [6.07, 6.45) is 5.92. The van der Waals surface area contributed by atoms with Crippen molar-refractivity contribution in [3.8, 4) is 0 Å². The average molecular weight is 233 g/mol. The first kappa shape index (κ1) is 12.0. The number of hydrogen-bond donors (Lipinski definition) is 1. The monoisotopic (exact) mass is 233 g/mol. The SMILES string of the molecule is Cc1cc(CC(O)C2=CC=C(F)CC2)ccn1. The van der Waals surface area contributed by atoms with E-state index in [0.29, 0.717) is 19.3 Å². The quantitative estimate of drug-likeness (QED) is 0.870. The van der Waals surface area contributed by atoms with Gasteiger partial charge in [0.05, 0.1) is 6.10 Å². The first-order valence-electron chi connectivity index (χ1n) is 5.80. The zero-order valence-electron chi connectivity index (χ0n) is 9.86. The van der Waals surface area contributed by atoms with Crippen LogP contribution >= 0.6 is 0 Å². The van der Waals surface area contributed by atoms with E-state index in [0.717, 1.165) is 16.8 Å². The van der Waals surface area contributed by atoms with Gasteiger partial charge in [0.15, 0.2) is 0 Å². The third-order valence-corrected chi connectivity index (χ3v) is 2.95. The predicted molar refractivity (Wildman–Crippen MR) is 65.2 cm³/mol. The van der Waals surface area contributed by atoms with Crippen molar-refractivity contribution >= 4 is 0 Å². The third-order valence-electron chi connectivity index (χ3n) is 2.95. The van der Waals surface area contributed by atoms with Gasteiger partial charge >= 0.3 is 0 Å². The maximum Gasteiger partial charge on any atom is 0.100 e. The fraction of sp³-hybridized carbons (Fsp3) is 0.357. The van der Waals surface area contributed by atoms with Crippen LogP contribution in [0.4, 0.5) is 4.39 Å². The first-order chi connectivity index (χ1) is 8.15. The van der Waals surface area contributed by atoms with Crippen LogP contribution in [0.25, 0.3) is 0 Å². The standard InChI is InChI=1S/C14H16FNO/c1-10-8-11(6-7-16-10)9-14(17)12-2-4-13(15)5-3-12/h2,4,6-8,14,17H,3,5,9H2,1H3. The van der Waals surface area contributed by atoms with Gasteiger partial charge in [0.2, 0.25) is 0 Å². The maximum atomic E-state index is 12.8. The lowest BCUT2D eigenvalue weighted by Gasteiger charge is -2.17. The van der Waals surface area contributed by atoms with Crippen molar-refractivity contribution in [1.82, 2.24) is 4.98 Å².